The minimum Gasteiger partial charge on any atom is -0.372 e. The molecule has 0 atom stereocenters. The van der Waals surface area contributed by atoms with Crippen molar-refractivity contribution in [2.75, 3.05) is 23.7 Å². The lowest BCUT2D eigenvalue weighted by molar-refractivity contribution is 0.102. The maximum Gasteiger partial charge on any atom is 0.255 e. The number of nitrogens with one attached hydrogen (secondary N) is 2. The lowest BCUT2D eigenvalue weighted by Crippen LogP contribution is -2.24. The number of anilines is 3. The Kier molecular flexibility index (Phi) is 10.9. The van der Waals surface area contributed by atoms with Crippen molar-refractivity contribution < 1.29 is 4.79 Å². The summed E-state index contributed by atoms with van der Waals surface area (Å²) in [4.78, 5) is 24.7. The highest BCUT2D eigenvalue weighted by molar-refractivity contribution is 6.05. The van der Waals surface area contributed by atoms with Gasteiger partial charge < -0.3 is 15.5 Å². The smallest absolute Gasteiger partial charge is 0.255 e. The van der Waals surface area contributed by atoms with Gasteiger partial charge in [0, 0.05) is 47.5 Å². The molecule has 230 valence electrons. The van der Waals surface area contributed by atoms with Gasteiger partial charge in [-0.3, -0.25) is 4.79 Å². The Labute approximate surface area is 263 Å². The van der Waals surface area contributed by atoms with Gasteiger partial charge in [-0.05, 0) is 78.3 Å². The van der Waals surface area contributed by atoms with Crippen LogP contribution in [0, 0.1) is 6.92 Å². The van der Waals surface area contributed by atoms with Crippen molar-refractivity contribution in [2.45, 2.75) is 72.6 Å². The van der Waals surface area contributed by atoms with E-state index in [1.54, 1.807) is 6.20 Å². The number of benzene rings is 3. The number of hydrogen-bond donors (Lipinski definition) is 2. The van der Waals surface area contributed by atoms with Crippen LogP contribution in [0.25, 0.3) is 17.0 Å². The number of hydrogen-bond acceptors (Lipinski definition) is 5. The first-order chi connectivity index (χ1) is 21.1. The molecule has 0 fully saturated rings. The average Bonchev–Trinajstić information content (AvgIpc) is 3.02. The molecule has 0 unspecified atom stereocenters. The molecule has 4 rings (SSSR count). The van der Waals surface area contributed by atoms with E-state index in [-0.39, 0.29) is 11.3 Å². The number of amides is 1. The molecule has 44 heavy (non-hydrogen) atoms. The predicted octanol–water partition coefficient (Wildman–Crippen LogP) is 9.62. The molecule has 1 heterocycles. The SMILES string of the molecule is C=C(c1ccc(Nc2nccc(-c3cccc(NC(=O)c4ccc(C(C)(C)C)cc4)c3C)n2)cc1)N(CCCC)CCCC. The molecule has 6 nitrogen and oxygen atoms in total. The van der Waals surface area contributed by atoms with Crippen molar-refractivity contribution in [1.82, 2.24) is 14.9 Å². The zero-order valence-electron chi connectivity index (χ0n) is 27.2. The third kappa shape index (κ3) is 8.34. The van der Waals surface area contributed by atoms with Crippen LogP contribution in [0.1, 0.15) is 87.4 Å². The third-order valence-electron chi connectivity index (χ3n) is 7.95. The number of nitrogens with zero attached hydrogens (tertiary/aromatic N) is 3. The summed E-state index contributed by atoms with van der Waals surface area (Å²) in [5.74, 6) is 0.370. The molecule has 0 aliphatic heterocycles. The van der Waals surface area contributed by atoms with E-state index in [0.29, 0.717) is 11.5 Å². The summed E-state index contributed by atoms with van der Waals surface area (Å²) in [5.41, 5.74) is 8.35. The summed E-state index contributed by atoms with van der Waals surface area (Å²) in [6.45, 7) is 19.4. The second kappa shape index (κ2) is 14.8. The number of carbonyl (C=O) groups is 1. The number of carbonyl (C=O) groups excluding carboxylic acids is 1. The Bertz CT molecular complexity index is 1540. The lowest BCUT2D eigenvalue weighted by Gasteiger charge is -2.27. The Morgan fingerprint density at radius 2 is 1.50 bits per heavy atom. The molecular weight excluding hydrogens is 542 g/mol. The van der Waals surface area contributed by atoms with E-state index in [1.165, 1.54) is 18.4 Å². The molecule has 0 bridgehead atoms. The van der Waals surface area contributed by atoms with Crippen LogP contribution in [-0.2, 0) is 5.41 Å². The van der Waals surface area contributed by atoms with Crippen molar-refractivity contribution in [3.05, 3.63) is 108 Å². The van der Waals surface area contributed by atoms with Crippen molar-refractivity contribution in [1.29, 1.82) is 0 Å². The van der Waals surface area contributed by atoms with Crippen molar-refractivity contribution >= 4 is 28.9 Å². The zero-order valence-corrected chi connectivity index (χ0v) is 27.2. The zero-order chi connectivity index (χ0) is 31.7. The second-order valence-electron chi connectivity index (χ2n) is 12.4. The van der Waals surface area contributed by atoms with Crippen LogP contribution in [0.4, 0.5) is 17.3 Å². The highest BCUT2D eigenvalue weighted by Crippen LogP contribution is 2.29. The van der Waals surface area contributed by atoms with Crippen LogP contribution in [0.2, 0.25) is 0 Å². The van der Waals surface area contributed by atoms with E-state index < -0.39 is 0 Å². The fourth-order valence-corrected chi connectivity index (χ4v) is 5.07. The topological polar surface area (TPSA) is 70.1 Å². The summed E-state index contributed by atoms with van der Waals surface area (Å²) in [7, 11) is 0. The maximum absolute atomic E-state index is 13.1. The Morgan fingerprint density at radius 3 is 2.11 bits per heavy atom. The van der Waals surface area contributed by atoms with Gasteiger partial charge in [0.25, 0.3) is 5.91 Å². The molecule has 0 saturated carbocycles. The van der Waals surface area contributed by atoms with E-state index >= 15 is 0 Å². The highest BCUT2D eigenvalue weighted by atomic mass is 16.1. The standard InChI is InChI=1S/C38H47N5O/c1-8-10-25-43(26-11-9-2)28(4)29-17-21-32(22-18-29)40-37-39-24-23-35(42-37)33-13-12-14-34(27(33)3)41-36(44)30-15-19-31(20-16-30)38(5,6)7/h12-24H,4,8-11,25-26H2,1-3,5-7H3,(H,41,44)(H,39,40,42). The summed E-state index contributed by atoms with van der Waals surface area (Å²) in [6.07, 6.45) is 6.42. The molecule has 0 radical (unpaired) electrons. The van der Waals surface area contributed by atoms with E-state index in [1.807, 2.05) is 67.6 Å². The maximum atomic E-state index is 13.1. The van der Waals surface area contributed by atoms with Crippen molar-refractivity contribution in [2.24, 2.45) is 0 Å². The molecule has 3 aromatic carbocycles. The Morgan fingerprint density at radius 1 is 0.864 bits per heavy atom. The summed E-state index contributed by atoms with van der Waals surface area (Å²) >= 11 is 0. The predicted molar refractivity (Wildman–Crippen MR) is 185 cm³/mol. The molecular formula is C38H47N5O. The molecule has 0 aliphatic carbocycles. The van der Waals surface area contributed by atoms with Gasteiger partial charge in [-0.15, -0.1) is 0 Å². The molecule has 4 aromatic rings. The third-order valence-corrected chi connectivity index (χ3v) is 7.95. The van der Waals surface area contributed by atoms with Crippen molar-refractivity contribution in [3.8, 4) is 11.3 Å². The Hall–Kier alpha value is -4.45. The van der Waals surface area contributed by atoms with Gasteiger partial charge in [0.2, 0.25) is 5.95 Å². The molecule has 6 heteroatoms. The molecule has 0 aliphatic rings. The summed E-state index contributed by atoms with van der Waals surface area (Å²) < 4.78 is 0. The normalized spacial score (nSPS) is 11.2. The minimum atomic E-state index is -0.138. The van der Waals surface area contributed by atoms with Crippen LogP contribution >= 0.6 is 0 Å². The highest BCUT2D eigenvalue weighted by Gasteiger charge is 2.16. The van der Waals surface area contributed by atoms with Crippen LogP contribution < -0.4 is 10.6 Å². The molecule has 1 aromatic heterocycles. The average molecular weight is 590 g/mol. The Balaban J connectivity index is 1.46. The molecule has 0 saturated heterocycles. The second-order valence-corrected chi connectivity index (χ2v) is 12.4. The van der Waals surface area contributed by atoms with Crippen molar-refractivity contribution in [3.63, 3.8) is 0 Å². The van der Waals surface area contributed by atoms with Gasteiger partial charge in [0.1, 0.15) is 0 Å². The summed E-state index contributed by atoms with van der Waals surface area (Å²) in [5, 5.41) is 6.43. The first-order valence-corrected chi connectivity index (χ1v) is 15.8. The fourth-order valence-electron chi connectivity index (χ4n) is 5.07. The monoisotopic (exact) mass is 589 g/mol. The van der Waals surface area contributed by atoms with Crippen LogP contribution in [-0.4, -0.2) is 33.9 Å². The molecule has 0 spiro atoms. The van der Waals surface area contributed by atoms with Gasteiger partial charge in [-0.25, -0.2) is 9.97 Å². The van der Waals surface area contributed by atoms with E-state index in [4.69, 9.17) is 4.98 Å². The van der Waals surface area contributed by atoms with Gasteiger partial charge >= 0.3 is 0 Å². The van der Waals surface area contributed by atoms with Gasteiger partial charge in [0.05, 0.1) is 5.69 Å². The van der Waals surface area contributed by atoms with Gasteiger partial charge in [-0.1, -0.05) is 90.4 Å². The number of unbranched alkanes of at least 4 members (excludes halogenated alkanes) is 2. The lowest BCUT2D eigenvalue weighted by atomic mass is 9.86. The first-order valence-electron chi connectivity index (χ1n) is 15.8. The van der Waals surface area contributed by atoms with Gasteiger partial charge in [0.15, 0.2) is 0 Å². The first kappa shape index (κ1) is 32.5. The van der Waals surface area contributed by atoms with E-state index in [9.17, 15) is 4.79 Å². The van der Waals surface area contributed by atoms with E-state index in [2.05, 4.69) is 73.8 Å². The fraction of sp³-hybridized carbons (Fsp3) is 0.342. The number of aromatic nitrogens is 2. The number of rotatable bonds is 13. The quantitative estimate of drug-likeness (QED) is 0.162. The molecule has 2 N–H and O–H groups in total. The largest absolute Gasteiger partial charge is 0.372 e. The minimum absolute atomic E-state index is 0.0352. The summed E-state index contributed by atoms with van der Waals surface area (Å²) in [6, 6.07) is 23.9. The van der Waals surface area contributed by atoms with Crippen LogP contribution in [0.3, 0.4) is 0 Å². The van der Waals surface area contributed by atoms with Crippen LogP contribution in [0.15, 0.2) is 85.6 Å². The van der Waals surface area contributed by atoms with E-state index in [0.717, 1.165) is 65.4 Å². The molecule has 1 amide bonds. The van der Waals surface area contributed by atoms with Crippen LogP contribution in [0.5, 0.6) is 0 Å². The van der Waals surface area contributed by atoms with Gasteiger partial charge in [-0.2, -0.15) is 0 Å².